The van der Waals surface area contributed by atoms with Crippen molar-refractivity contribution < 1.29 is 34.1 Å². The van der Waals surface area contributed by atoms with E-state index in [-0.39, 0.29) is 12.5 Å². The fourth-order valence-electron chi connectivity index (χ4n) is 4.18. The lowest BCUT2D eigenvalue weighted by atomic mass is 9.98. The molecule has 1 aliphatic rings. The van der Waals surface area contributed by atoms with Crippen LogP contribution in [0.1, 0.15) is 44.7 Å². The second-order valence-electron chi connectivity index (χ2n) is 9.48. The van der Waals surface area contributed by atoms with E-state index in [0.717, 1.165) is 22.3 Å². The Morgan fingerprint density at radius 1 is 1.00 bits per heavy atom. The molecule has 0 heterocycles. The van der Waals surface area contributed by atoms with Crippen LogP contribution in [-0.4, -0.2) is 65.2 Å². The van der Waals surface area contributed by atoms with Crippen molar-refractivity contribution in [3.63, 3.8) is 0 Å². The van der Waals surface area contributed by atoms with Gasteiger partial charge in [-0.3, -0.25) is 4.79 Å². The van der Waals surface area contributed by atoms with Crippen molar-refractivity contribution in [2.45, 2.75) is 57.5 Å². The molecule has 0 bridgehead atoms. The summed E-state index contributed by atoms with van der Waals surface area (Å²) in [7, 11) is 0. The Bertz CT molecular complexity index is 1030. The Labute approximate surface area is 204 Å². The molecule has 0 saturated heterocycles. The van der Waals surface area contributed by atoms with E-state index in [4.69, 9.17) is 14.6 Å². The Morgan fingerprint density at radius 3 is 2.06 bits per heavy atom. The van der Waals surface area contributed by atoms with Crippen LogP contribution in [0.5, 0.6) is 0 Å². The van der Waals surface area contributed by atoms with Crippen molar-refractivity contribution in [1.82, 2.24) is 10.6 Å². The number of carboxylic acids is 1. The second-order valence-corrected chi connectivity index (χ2v) is 9.48. The van der Waals surface area contributed by atoms with Crippen molar-refractivity contribution >= 4 is 18.0 Å². The van der Waals surface area contributed by atoms with Gasteiger partial charge in [0.15, 0.2) is 6.10 Å². The van der Waals surface area contributed by atoms with Crippen LogP contribution in [0, 0.1) is 0 Å². The molecule has 188 valence electrons. The summed E-state index contributed by atoms with van der Waals surface area (Å²) in [4.78, 5) is 36.3. The van der Waals surface area contributed by atoms with Crippen LogP contribution in [0.2, 0.25) is 0 Å². The van der Waals surface area contributed by atoms with Gasteiger partial charge in [0.2, 0.25) is 5.91 Å². The van der Waals surface area contributed by atoms with E-state index in [0.29, 0.717) is 0 Å². The highest BCUT2D eigenvalue weighted by atomic mass is 16.6. The van der Waals surface area contributed by atoms with E-state index >= 15 is 0 Å². The number of nitrogens with one attached hydrogen (secondary N) is 2. The molecule has 9 heteroatoms. The van der Waals surface area contributed by atoms with Gasteiger partial charge in [0.05, 0.1) is 18.2 Å². The van der Waals surface area contributed by atoms with Gasteiger partial charge in [-0.15, -0.1) is 0 Å². The fraction of sp³-hybridized carbons (Fsp3) is 0.423. The van der Waals surface area contributed by atoms with Gasteiger partial charge in [-0.25, -0.2) is 9.59 Å². The molecule has 3 rings (SSSR count). The number of benzene rings is 2. The third kappa shape index (κ3) is 6.58. The summed E-state index contributed by atoms with van der Waals surface area (Å²) in [5.74, 6) is -2.31. The van der Waals surface area contributed by atoms with Gasteiger partial charge in [0.1, 0.15) is 12.6 Å². The highest BCUT2D eigenvalue weighted by Crippen LogP contribution is 2.44. The summed E-state index contributed by atoms with van der Waals surface area (Å²) in [6, 6.07) is 14.7. The van der Waals surface area contributed by atoms with Gasteiger partial charge >= 0.3 is 12.1 Å². The molecule has 2 aromatic rings. The molecular formula is C26H32N2O7. The quantitative estimate of drug-likeness (QED) is 0.430. The number of carbonyl (C=O) groups is 3. The molecule has 0 unspecified atom stereocenters. The first-order valence-electron chi connectivity index (χ1n) is 11.5. The second kappa shape index (κ2) is 10.9. The number of carbonyl (C=O) groups excluding carboxylic acids is 2. The van der Waals surface area contributed by atoms with Gasteiger partial charge in [-0.1, -0.05) is 48.5 Å². The molecule has 2 amide bonds. The van der Waals surface area contributed by atoms with Gasteiger partial charge in [0, 0.05) is 5.92 Å². The Morgan fingerprint density at radius 2 is 1.54 bits per heavy atom. The first-order valence-corrected chi connectivity index (χ1v) is 11.5. The van der Waals surface area contributed by atoms with Crippen LogP contribution in [0.3, 0.4) is 0 Å². The van der Waals surface area contributed by atoms with Crippen LogP contribution < -0.4 is 10.6 Å². The zero-order valence-corrected chi connectivity index (χ0v) is 20.3. The molecule has 1 aliphatic carbocycles. The lowest BCUT2D eigenvalue weighted by molar-refractivity contribution is -0.146. The largest absolute Gasteiger partial charge is 0.479 e. The number of ether oxygens (including phenoxy) is 2. The molecule has 0 radical (unpaired) electrons. The number of hydrogen-bond acceptors (Lipinski definition) is 6. The number of aliphatic carboxylic acids is 1. The van der Waals surface area contributed by atoms with Gasteiger partial charge in [0.25, 0.3) is 0 Å². The van der Waals surface area contributed by atoms with Gasteiger partial charge in [-0.2, -0.15) is 0 Å². The number of aliphatic hydroxyl groups excluding tert-OH is 1. The van der Waals surface area contributed by atoms with E-state index in [1.54, 1.807) is 27.7 Å². The van der Waals surface area contributed by atoms with Gasteiger partial charge < -0.3 is 30.3 Å². The first-order chi connectivity index (χ1) is 16.5. The summed E-state index contributed by atoms with van der Waals surface area (Å²) in [6.45, 7) is 6.59. The maximum Gasteiger partial charge on any atom is 0.407 e. The zero-order chi connectivity index (χ0) is 25.8. The maximum absolute atomic E-state index is 12.8. The average molecular weight is 485 g/mol. The SMILES string of the molecule is C[C@@H](OC(C)(C)C)[C@H](NC(=O)OCC1c2ccccc2-c2ccccc21)C(=O)NC[C@H](O)C(=O)O. The number of rotatable bonds is 9. The topological polar surface area (TPSA) is 134 Å². The molecule has 4 N–H and O–H groups in total. The van der Waals surface area contributed by atoms with Crippen LogP contribution in [0.25, 0.3) is 11.1 Å². The van der Waals surface area contributed by atoms with Crippen LogP contribution in [0.15, 0.2) is 48.5 Å². The van der Waals surface area contributed by atoms with Crippen molar-refractivity contribution in [1.29, 1.82) is 0 Å². The normalized spacial score (nSPS) is 15.3. The Hall–Kier alpha value is -3.43. The highest BCUT2D eigenvalue weighted by Gasteiger charge is 2.33. The van der Waals surface area contributed by atoms with Crippen molar-refractivity contribution in [3.05, 3.63) is 59.7 Å². The number of amides is 2. The van der Waals surface area contributed by atoms with E-state index < -0.39 is 48.4 Å². The number of aliphatic hydroxyl groups is 1. The van der Waals surface area contributed by atoms with Crippen molar-refractivity contribution in [2.75, 3.05) is 13.2 Å². The molecule has 0 aliphatic heterocycles. The Kier molecular flexibility index (Phi) is 8.14. The van der Waals surface area contributed by atoms with Crippen LogP contribution >= 0.6 is 0 Å². The minimum absolute atomic E-state index is 0.0699. The summed E-state index contributed by atoms with van der Waals surface area (Å²) >= 11 is 0. The fourth-order valence-corrected chi connectivity index (χ4v) is 4.18. The minimum Gasteiger partial charge on any atom is -0.479 e. The van der Waals surface area contributed by atoms with E-state index in [1.807, 2.05) is 48.5 Å². The molecule has 0 aromatic heterocycles. The standard InChI is InChI=1S/C26H32N2O7/c1-15(35-26(2,3)4)22(23(30)27-13-21(29)24(31)32)28-25(33)34-14-20-18-11-7-5-9-16(18)17-10-6-8-12-19(17)20/h5-12,15,20-22,29H,13-14H2,1-4H3,(H,27,30)(H,28,33)(H,31,32)/t15-,21+,22+/m1/s1. The molecule has 0 saturated carbocycles. The van der Waals surface area contributed by atoms with E-state index in [1.165, 1.54) is 0 Å². The van der Waals surface area contributed by atoms with Crippen molar-refractivity contribution in [2.24, 2.45) is 0 Å². The molecule has 2 aromatic carbocycles. The van der Waals surface area contributed by atoms with Crippen LogP contribution in [0.4, 0.5) is 4.79 Å². The zero-order valence-electron chi connectivity index (χ0n) is 20.3. The lowest BCUT2D eigenvalue weighted by Gasteiger charge is -2.30. The highest BCUT2D eigenvalue weighted by molar-refractivity contribution is 5.87. The summed E-state index contributed by atoms with van der Waals surface area (Å²) < 4.78 is 11.4. The number of fused-ring (bicyclic) bond motifs is 3. The third-order valence-corrected chi connectivity index (χ3v) is 5.66. The molecule has 0 spiro atoms. The molecule has 9 nitrogen and oxygen atoms in total. The van der Waals surface area contributed by atoms with Crippen LogP contribution in [-0.2, 0) is 19.1 Å². The number of alkyl carbamates (subject to hydrolysis) is 1. The van der Waals surface area contributed by atoms with Crippen molar-refractivity contribution in [3.8, 4) is 11.1 Å². The minimum atomic E-state index is -1.77. The monoisotopic (exact) mass is 484 g/mol. The van der Waals surface area contributed by atoms with E-state index in [9.17, 15) is 19.5 Å². The lowest BCUT2D eigenvalue weighted by Crippen LogP contribution is -2.55. The molecular weight excluding hydrogens is 452 g/mol. The Balaban J connectivity index is 1.69. The predicted molar refractivity (Wildman–Crippen MR) is 129 cm³/mol. The number of carboxylic acid groups (broad SMARTS) is 1. The molecule has 0 fully saturated rings. The summed E-state index contributed by atoms with van der Waals surface area (Å²) in [5.41, 5.74) is 3.70. The van der Waals surface area contributed by atoms with E-state index in [2.05, 4.69) is 10.6 Å². The average Bonchev–Trinajstić information content (AvgIpc) is 3.12. The maximum atomic E-state index is 12.8. The van der Waals surface area contributed by atoms with Gasteiger partial charge in [-0.05, 0) is 49.9 Å². The predicted octanol–water partition coefficient (Wildman–Crippen LogP) is 2.66. The summed E-state index contributed by atoms with van der Waals surface area (Å²) in [5, 5.41) is 23.2. The molecule has 35 heavy (non-hydrogen) atoms. The third-order valence-electron chi connectivity index (χ3n) is 5.66. The molecule has 3 atom stereocenters. The first kappa shape index (κ1) is 26.2. The number of hydrogen-bond donors (Lipinski definition) is 4. The smallest absolute Gasteiger partial charge is 0.407 e. The summed E-state index contributed by atoms with van der Waals surface area (Å²) in [6.07, 6.45) is -3.35.